The minimum Gasteiger partial charge on any atom is -0.412 e. The van der Waals surface area contributed by atoms with Crippen molar-refractivity contribution in [2.24, 2.45) is 0 Å². The first kappa shape index (κ1) is 45.5. The highest BCUT2D eigenvalue weighted by atomic mass is 35.5. The van der Waals surface area contributed by atoms with E-state index in [0.717, 1.165) is 52.4 Å². The smallest absolute Gasteiger partial charge is 0.0211 e. The Morgan fingerprint density at radius 2 is 0.667 bits per heavy atom. The first-order valence-corrected chi connectivity index (χ1v) is 15.7. The number of hydrogen-bond acceptors (Lipinski definition) is 4. The van der Waals surface area contributed by atoms with Crippen molar-refractivity contribution in [1.29, 1.82) is 0 Å². The van der Waals surface area contributed by atoms with Crippen LogP contribution in [0.15, 0.2) is 84.9 Å². The van der Waals surface area contributed by atoms with Crippen molar-refractivity contribution in [2.75, 3.05) is 39.3 Å². The number of nitrogens with one attached hydrogen (secondary N) is 4. The zero-order valence-corrected chi connectivity index (χ0v) is 29.8. The van der Waals surface area contributed by atoms with Crippen molar-refractivity contribution in [3.05, 3.63) is 96.1 Å². The van der Waals surface area contributed by atoms with Gasteiger partial charge in [0.25, 0.3) is 0 Å². The fraction of sp³-hybridized carbons (Fsp3) is 0.444. The molecule has 0 saturated carbocycles. The Hall–Kier alpha value is -1.64. The summed E-state index contributed by atoms with van der Waals surface area (Å²) in [5.41, 5.74) is 2.78. The fourth-order valence-electron chi connectivity index (χ4n) is 5.47. The average molecular weight is 703 g/mol. The number of unbranched alkanes of at least 4 members (excludes halogenated alkanes) is 5. The van der Waals surface area contributed by atoms with Gasteiger partial charge in [-0.15, -0.1) is 49.6 Å². The van der Waals surface area contributed by atoms with E-state index in [1.54, 1.807) is 0 Å². The third-order valence-corrected chi connectivity index (χ3v) is 7.76. The van der Waals surface area contributed by atoms with E-state index >= 15 is 0 Å². The van der Waals surface area contributed by atoms with Crippen LogP contribution in [0.4, 0.5) is 0 Å². The van der Waals surface area contributed by atoms with Crippen LogP contribution in [-0.2, 0) is 13.1 Å². The first-order valence-electron chi connectivity index (χ1n) is 15.7. The monoisotopic (exact) mass is 700 g/mol. The molecule has 0 aliphatic carbocycles. The van der Waals surface area contributed by atoms with Crippen LogP contribution in [-0.4, -0.2) is 44.7 Å². The topological polar surface area (TPSA) is 79.6 Å². The third kappa shape index (κ3) is 17.2. The molecule has 0 radical (unpaired) electrons. The summed E-state index contributed by atoms with van der Waals surface area (Å²) in [5.74, 6) is 0. The Morgan fingerprint density at radius 3 is 1.11 bits per heavy atom. The Labute approximate surface area is 296 Å². The quantitative estimate of drug-likeness (QED) is 0.0664. The molecule has 0 atom stereocenters. The van der Waals surface area contributed by atoms with E-state index in [2.05, 4.69) is 106 Å². The van der Waals surface area contributed by atoms with E-state index in [1.807, 2.05) is 0 Å². The Kier molecular flexibility index (Phi) is 28.9. The van der Waals surface area contributed by atoms with Crippen molar-refractivity contribution in [3.63, 3.8) is 0 Å². The number of fused-ring (bicyclic) bond motifs is 2. The van der Waals surface area contributed by atoms with Crippen LogP contribution in [0.3, 0.4) is 0 Å². The summed E-state index contributed by atoms with van der Waals surface area (Å²) in [5, 5.41) is 19.8. The summed E-state index contributed by atoms with van der Waals surface area (Å²) in [6.07, 6.45) is 10.4. The molecule has 4 rings (SSSR count). The van der Waals surface area contributed by atoms with E-state index in [4.69, 9.17) is 0 Å². The zero-order chi connectivity index (χ0) is 27.5. The van der Waals surface area contributed by atoms with Crippen molar-refractivity contribution in [2.45, 2.75) is 64.5 Å². The standard InChI is InChI=1S/C36H50N4.4ClH.H2O/c1(3-9-23-37-25-13-27-39-29-33-19-11-17-31-15-5-7-21-35(31)33)2-4-10-24-38-26-14-28-40-30-34-20-12-18-32-16-6-8-22-36(32)34;;;;;/h5-8,11-12,15-22,37-40H,1-4,9-10,13-14,23-30H2;4*1H;1H2. The van der Waals surface area contributed by atoms with Crippen LogP contribution in [0.5, 0.6) is 0 Å². The fourth-order valence-corrected chi connectivity index (χ4v) is 5.47. The number of benzene rings is 4. The maximum absolute atomic E-state index is 3.62. The van der Waals surface area contributed by atoms with Gasteiger partial charge in [-0.25, -0.2) is 0 Å². The second-order valence-corrected chi connectivity index (χ2v) is 11.0. The molecule has 0 aliphatic heterocycles. The normalized spacial score (nSPS) is 10.2. The lowest BCUT2D eigenvalue weighted by atomic mass is 10.0. The SMILES string of the molecule is Cl.Cl.Cl.Cl.O.c1ccc2c(CNCCCNCCCCCCCCNCCCNCc3cccc4ccccc34)cccc2c1. The van der Waals surface area contributed by atoms with Crippen LogP contribution in [0, 0.1) is 0 Å². The van der Waals surface area contributed by atoms with E-state index < -0.39 is 0 Å². The van der Waals surface area contributed by atoms with Gasteiger partial charge in [-0.05, 0) is 97.6 Å². The second-order valence-electron chi connectivity index (χ2n) is 11.0. The van der Waals surface area contributed by atoms with E-state index in [0.29, 0.717) is 0 Å². The van der Waals surface area contributed by atoms with Gasteiger partial charge in [-0.3, -0.25) is 0 Å². The van der Waals surface area contributed by atoms with E-state index in [-0.39, 0.29) is 55.1 Å². The van der Waals surface area contributed by atoms with Gasteiger partial charge in [-0.2, -0.15) is 0 Å². The lowest BCUT2D eigenvalue weighted by Gasteiger charge is -2.09. The second kappa shape index (κ2) is 28.6. The summed E-state index contributed by atoms with van der Waals surface area (Å²) >= 11 is 0. The minimum atomic E-state index is 0. The zero-order valence-electron chi connectivity index (χ0n) is 26.5. The number of rotatable bonds is 21. The van der Waals surface area contributed by atoms with Gasteiger partial charge in [0.15, 0.2) is 0 Å². The first-order chi connectivity index (χ1) is 19.9. The molecule has 5 nitrogen and oxygen atoms in total. The molecule has 4 aromatic carbocycles. The summed E-state index contributed by atoms with van der Waals surface area (Å²) in [4.78, 5) is 0. The molecule has 6 N–H and O–H groups in total. The maximum atomic E-state index is 3.62. The lowest BCUT2D eigenvalue weighted by Crippen LogP contribution is -2.22. The molecule has 0 aromatic heterocycles. The molecule has 45 heavy (non-hydrogen) atoms. The van der Waals surface area contributed by atoms with Crippen LogP contribution < -0.4 is 21.3 Å². The average Bonchev–Trinajstić information content (AvgIpc) is 3.00. The highest BCUT2D eigenvalue weighted by molar-refractivity contribution is 5.87. The van der Waals surface area contributed by atoms with Crippen LogP contribution in [0.25, 0.3) is 21.5 Å². The Balaban J connectivity index is 0. The molecule has 0 saturated heterocycles. The van der Waals surface area contributed by atoms with E-state index in [9.17, 15) is 0 Å². The summed E-state index contributed by atoms with van der Waals surface area (Å²) in [7, 11) is 0. The van der Waals surface area contributed by atoms with Crippen molar-refractivity contribution < 1.29 is 5.48 Å². The molecular formula is C36H56Cl4N4O. The van der Waals surface area contributed by atoms with Crippen LogP contribution in [0.1, 0.15) is 62.5 Å². The highest BCUT2D eigenvalue weighted by Crippen LogP contribution is 2.19. The molecule has 0 heterocycles. The third-order valence-electron chi connectivity index (χ3n) is 7.76. The maximum Gasteiger partial charge on any atom is 0.0211 e. The van der Waals surface area contributed by atoms with Gasteiger partial charge < -0.3 is 26.7 Å². The lowest BCUT2D eigenvalue weighted by molar-refractivity contribution is 0.534. The van der Waals surface area contributed by atoms with Crippen LogP contribution in [0.2, 0.25) is 0 Å². The van der Waals surface area contributed by atoms with E-state index in [1.165, 1.54) is 84.0 Å². The summed E-state index contributed by atoms with van der Waals surface area (Å²) < 4.78 is 0. The summed E-state index contributed by atoms with van der Waals surface area (Å²) in [6.45, 7) is 8.53. The number of halogens is 4. The van der Waals surface area contributed by atoms with Crippen molar-refractivity contribution >= 4 is 71.2 Å². The van der Waals surface area contributed by atoms with Gasteiger partial charge in [0.05, 0.1) is 0 Å². The molecule has 0 unspecified atom stereocenters. The molecule has 254 valence electrons. The van der Waals surface area contributed by atoms with Gasteiger partial charge in [0, 0.05) is 13.1 Å². The largest absolute Gasteiger partial charge is 0.412 e. The number of hydrogen-bond donors (Lipinski definition) is 4. The van der Waals surface area contributed by atoms with Gasteiger partial charge in [0.2, 0.25) is 0 Å². The molecule has 4 aromatic rings. The van der Waals surface area contributed by atoms with Crippen molar-refractivity contribution in [1.82, 2.24) is 21.3 Å². The van der Waals surface area contributed by atoms with Gasteiger partial charge in [-0.1, -0.05) is 111 Å². The van der Waals surface area contributed by atoms with Crippen molar-refractivity contribution in [3.8, 4) is 0 Å². The predicted octanol–water partition coefficient (Wildman–Crippen LogP) is 8.03. The Morgan fingerprint density at radius 1 is 0.333 bits per heavy atom. The minimum absolute atomic E-state index is 0. The van der Waals surface area contributed by atoms with Gasteiger partial charge in [0.1, 0.15) is 0 Å². The Bertz CT molecular complexity index is 1160. The molecule has 9 heteroatoms. The molecule has 0 fully saturated rings. The van der Waals surface area contributed by atoms with Gasteiger partial charge >= 0.3 is 0 Å². The molecule has 0 spiro atoms. The molecule has 0 amide bonds. The molecule has 0 aliphatic rings. The molecule has 0 bridgehead atoms. The summed E-state index contributed by atoms with van der Waals surface area (Å²) in [6, 6.07) is 30.5. The molecular weight excluding hydrogens is 646 g/mol. The van der Waals surface area contributed by atoms with Crippen LogP contribution >= 0.6 is 49.6 Å². The predicted molar refractivity (Wildman–Crippen MR) is 207 cm³/mol. The highest BCUT2D eigenvalue weighted by Gasteiger charge is 2.01.